The molecule has 3 fully saturated rings. The fourth-order valence-corrected chi connectivity index (χ4v) is 7.93. The van der Waals surface area contributed by atoms with Crippen LogP contribution < -0.4 is 0 Å². The standard InChI is InChI=1S/C21H36O4Si/c1-7-26(8-2,9-3)25-18-17-15(12-10-11-14(4)5)20(22)23-16(17)13-21(6)19(18)24-21/h11,15-19H,7-10,12-13H2,1-6H3/t15-,16-,17-,18-,19-,21+/m0/s1. The monoisotopic (exact) mass is 380 g/mol. The van der Waals surface area contributed by atoms with Gasteiger partial charge < -0.3 is 13.9 Å². The van der Waals surface area contributed by atoms with Gasteiger partial charge in [0.25, 0.3) is 0 Å². The molecule has 1 saturated carbocycles. The van der Waals surface area contributed by atoms with Crippen LogP contribution in [-0.2, 0) is 18.7 Å². The molecule has 3 rings (SSSR count). The van der Waals surface area contributed by atoms with Crippen LogP contribution in [0.1, 0.15) is 60.8 Å². The van der Waals surface area contributed by atoms with Gasteiger partial charge in [0.1, 0.15) is 12.2 Å². The average molecular weight is 381 g/mol. The van der Waals surface area contributed by atoms with Crippen LogP contribution in [0, 0.1) is 11.8 Å². The highest BCUT2D eigenvalue weighted by Gasteiger charge is 2.69. The first-order valence-electron chi connectivity index (χ1n) is 10.5. The molecular weight excluding hydrogens is 344 g/mol. The molecule has 0 N–H and O–H groups in total. The molecule has 6 atom stereocenters. The SMILES string of the molecule is CC[Si](CC)(CC)O[C@H]1[C@@H]2[C@H](C[C@@]3(C)O[C@@H]13)OC(=O)[C@H]2CCC=C(C)C. The van der Waals surface area contributed by atoms with Crippen molar-refractivity contribution in [2.24, 2.45) is 11.8 Å². The summed E-state index contributed by atoms with van der Waals surface area (Å²) in [4.78, 5) is 12.6. The number of hydrogen-bond donors (Lipinski definition) is 0. The van der Waals surface area contributed by atoms with Crippen LogP contribution in [0.4, 0.5) is 0 Å². The normalized spacial score (nSPS) is 38.4. The van der Waals surface area contributed by atoms with E-state index in [0.717, 1.165) is 37.4 Å². The van der Waals surface area contributed by atoms with Gasteiger partial charge in [0, 0.05) is 12.3 Å². The van der Waals surface area contributed by atoms with E-state index in [1.807, 2.05) is 0 Å². The number of fused-ring (bicyclic) bond motifs is 2. The third-order valence-electron chi connectivity index (χ3n) is 7.04. The molecule has 0 amide bonds. The molecule has 0 aromatic carbocycles. The molecule has 5 heteroatoms. The highest BCUT2D eigenvalue weighted by molar-refractivity contribution is 6.73. The summed E-state index contributed by atoms with van der Waals surface area (Å²) < 4.78 is 18.9. The lowest BCUT2D eigenvalue weighted by molar-refractivity contribution is -0.145. The predicted molar refractivity (Wildman–Crippen MR) is 105 cm³/mol. The molecular formula is C21H36O4Si. The summed E-state index contributed by atoms with van der Waals surface area (Å²) in [7, 11) is -1.77. The summed E-state index contributed by atoms with van der Waals surface area (Å²) in [6.07, 6.45) is 4.96. The van der Waals surface area contributed by atoms with Crippen LogP contribution in [0.15, 0.2) is 11.6 Å². The Morgan fingerprint density at radius 2 is 1.92 bits per heavy atom. The largest absolute Gasteiger partial charge is 0.462 e. The fourth-order valence-electron chi connectivity index (χ4n) is 5.08. The first-order chi connectivity index (χ1) is 12.3. The Kier molecular flexibility index (Phi) is 5.72. The second kappa shape index (κ2) is 7.40. The molecule has 4 nitrogen and oxygen atoms in total. The molecule has 3 aliphatic rings. The van der Waals surface area contributed by atoms with Crippen molar-refractivity contribution in [2.75, 3.05) is 0 Å². The van der Waals surface area contributed by atoms with Crippen molar-refractivity contribution in [3.63, 3.8) is 0 Å². The lowest BCUT2D eigenvalue weighted by Gasteiger charge is -2.40. The van der Waals surface area contributed by atoms with E-state index in [1.165, 1.54) is 5.57 Å². The fraction of sp³-hybridized carbons (Fsp3) is 0.857. The summed E-state index contributed by atoms with van der Waals surface area (Å²) in [5.74, 6) is 0.0919. The van der Waals surface area contributed by atoms with Crippen molar-refractivity contribution in [1.82, 2.24) is 0 Å². The van der Waals surface area contributed by atoms with Crippen LogP contribution >= 0.6 is 0 Å². The number of ether oxygens (including phenoxy) is 2. The van der Waals surface area contributed by atoms with Gasteiger partial charge in [-0.2, -0.15) is 0 Å². The van der Waals surface area contributed by atoms with Crippen LogP contribution in [-0.4, -0.2) is 38.2 Å². The molecule has 0 unspecified atom stereocenters. The summed E-state index contributed by atoms with van der Waals surface area (Å²) in [6, 6.07) is 3.36. The smallest absolute Gasteiger partial charge is 0.309 e. The Morgan fingerprint density at radius 3 is 2.50 bits per heavy atom. The first kappa shape index (κ1) is 20.1. The zero-order chi connectivity index (χ0) is 19.1. The van der Waals surface area contributed by atoms with Gasteiger partial charge >= 0.3 is 5.97 Å². The number of carbonyl (C=O) groups is 1. The van der Waals surface area contributed by atoms with E-state index >= 15 is 0 Å². The zero-order valence-corrected chi connectivity index (χ0v) is 18.3. The first-order valence-corrected chi connectivity index (χ1v) is 13.0. The van der Waals surface area contributed by atoms with E-state index in [-0.39, 0.29) is 41.7 Å². The van der Waals surface area contributed by atoms with E-state index < -0.39 is 8.32 Å². The van der Waals surface area contributed by atoms with Crippen LogP contribution in [0.2, 0.25) is 18.1 Å². The van der Waals surface area contributed by atoms with Crippen molar-refractivity contribution < 1.29 is 18.7 Å². The van der Waals surface area contributed by atoms with Crippen molar-refractivity contribution >= 4 is 14.3 Å². The van der Waals surface area contributed by atoms with E-state index in [0.29, 0.717) is 0 Å². The molecule has 2 aliphatic heterocycles. The number of carbonyl (C=O) groups excluding carboxylic acids is 1. The molecule has 2 heterocycles. The number of hydrogen-bond acceptors (Lipinski definition) is 4. The minimum atomic E-state index is -1.77. The Labute approximate surface area is 159 Å². The lowest BCUT2D eigenvalue weighted by atomic mass is 9.73. The van der Waals surface area contributed by atoms with Crippen molar-refractivity contribution in [2.45, 2.75) is 103 Å². The van der Waals surface area contributed by atoms with Crippen LogP contribution in [0.25, 0.3) is 0 Å². The molecule has 0 aromatic rings. The second-order valence-corrected chi connectivity index (χ2v) is 13.6. The zero-order valence-electron chi connectivity index (χ0n) is 17.3. The van der Waals surface area contributed by atoms with Gasteiger partial charge in [0.2, 0.25) is 0 Å². The highest BCUT2D eigenvalue weighted by Crippen LogP contribution is 2.56. The maximum Gasteiger partial charge on any atom is 0.309 e. The molecule has 2 saturated heterocycles. The number of rotatable bonds is 8. The van der Waals surface area contributed by atoms with Gasteiger partial charge in [-0.15, -0.1) is 0 Å². The van der Waals surface area contributed by atoms with Gasteiger partial charge in [-0.1, -0.05) is 32.4 Å². The van der Waals surface area contributed by atoms with E-state index in [9.17, 15) is 4.79 Å². The molecule has 0 aromatic heterocycles. The Hall–Kier alpha value is -0.653. The average Bonchev–Trinajstić information content (AvgIpc) is 3.18. The molecule has 0 bridgehead atoms. The third-order valence-corrected chi connectivity index (χ3v) is 11.7. The number of epoxide rings is 1. The van der Waals surface area contributed by atoms with Crippen molar-refractivity contribution in [1.29, 1.82) is 0 Å². The summed E-state index contributed by atoms with van der Waals surface area (Å²) in [5, 5.41) is 0. The number of esters is 1. The topological polar surface area (TPSA) is 48.1 Å². The van der Waals surface area contributed by atoms with Gasteiger partial charge in [-0.3, -0.25) is 4.79 Å². The minimum absolute atomic E-state index is 0.0163. The minimum Gasteiger partial charge on any atom is -0.462 e. The van der Waals surface area contributed by atoms with Crippen molar-refractivity contribution in [3.05, 3.63) is 11.6 Å². The van der Waals surface area contributed by atoms with E-state index in [2.05, 4.69) is 47.6 Å². The quantitative estimate of drug-likeness (QED) is 0.262. The van der Waals surface area contributed by atoms with Crippen LogP contribution in [0.3, 0.4) is 0 Å². The van der Waals surface area contributed by atoms with Crippen molar-refractivity contribution in [3.8, 4) is 0 Å². The maximum atomic E-state index is 12.6. The van der Waals surface area contributed by atoms with Gasteiger partial charge in [-0.05, 0) is 51.7 Å². The maximum absolute atomic E-state index is 12.6. The number of allylic oxidation sites excluding steroid dienone is 2. The summed E-state index contributed by atoms with van der Waals surface area (Å²) in [6.45, 7) is 13.1. The molecule has 0 spiro atoms. The Morgan fingerprint density at radius 1 is 1.27 bits per heavy atom. The lowest BCUT2D eigenvalue weighted by Crippen LogP contribution is -2.52. The summed E-state index contributed by atoms with van der Waals surface area (Å²) in [5.41, 5.74) is 1.15. The molecule has 148 valence electrons. The summed E-state index contributed by atoms with van der Waals surface area (Å²) >= 11 is 0. The molecule has 0 radical (unpaired) electrons. The molecule has 26 heavy (non-hydrogen) atoms. The highest BCUT2D eigenvalue weighted by atomic mass is 28.4. The Balaban J connectivity index is 1.83. The van der Waals surface area contributed by atoms with E-state index in [1.54, 1.807) is 0 Å². The van der Waals surface area contributed by atoms with E-state index in [4.69, 9.17) is 13.9 Å². The van der Waals surface area contributed by atoms with Gasteiger partial charge in [0.15, 0.2) is 8.32 Å². The van der Waals surface area contributed by atoms with Gasteiger partial charge in [0.05, 0.1) is 17.6 Å². The molecule has 1 aliphatic carbocycles. The Bertz CT molecular complexity index is 558. The van der Waals surface area contributed by atoms with Gasteiger partial charge in [-0.25, -0.2) is 0 Å². The van der Waals surface area contributed by atoms with Crippen LogP contribution in [0.5, 0.6) is 0 Å². The third kappa shape index (κ3) is 3.55. The predicted octanol–water partition coefficient (Wildman–Crippen LogP) is 4.84. The second-order valence-electron chi connectivity index (χ2n) is 8.90.